The molecule has 7 heteroatoms. The molecule has 0 aliphatic heterocycles. The number of aliphatic imine (C=N–C) groups is 2. The number of amides is 1. The van der Waals surface area contributed by atoms with Gasteiger partial charge in [-0.3, -0.25) is 4.99 Å². The van der Waals surface area contributed by atoms with Gasteiger partial charge in [-0.2, -0.15) is 0 Å². The number of benzene rings is 2. The Labute approximate surface area is 189 Å². The van der Waals surface area contributed by atoms with Gasteiger partial charge in [0.05, 0.1) is 0 Å². The van der Waals surface area contributed by atoms with Gasteiger partial charge in [-0.1, -0.05) is 54.6 Å². The average Bonchev–Trinajstić information content (AvgIpc) is 2.76. The molecule has 0 saturated heterocycles. The van der Waals surface area contributed by atoms with Crippen molar-refractivity contribution in [3.8, 4) is 0 Å². The smallest absolute Gasteiger partial charge is 0.408 e. The molecule has 1 atom stereocenters. The second-order valence-corrected chi connectivity index (χ2v) is 8.13. The summed E-state index contributed by atoms with van der Waals surface area (Å²) < 4.78 is 10.8. The zero-order valence-corrected chi connectivity index (χ0v) is 19.3. The fourth-order valence-corrected chi connectivity index (χ4v) is 2.88. The molecule has 170 valence electrons. The van der Waals surface area contributed by atoms with Crippen molar-refractivity contribution in [2.75, 3.05) is 7.05 Å². The number of hydrogen-bond donors (Lipinski definition) is 1. The second kappa shape index (κ2) is 11.8. The van der Waals surface area contributed by atoms with E-state index in [9.17, 15) is 9.59 Å². The lowest BCUT2D eigenvalue weighted by molar-refractivity contribution is -0.157. The standard InChI is InChI=1S/C25H31N3O4/c1-6-27-22(26-5)20-14-12-18(13-15-20)16-21(23(29)32-25(2,3)4)28-24(30)31-17-19-10-8-7-9-11-19/h6-15,21H,16-17H2,1-5H3,(H,28,30)/t21-/m0/s1. The van der Waals surface area contributed by atoms with Gasteiger partial charge in [-0.25, -0.2) is 14.6 Å². The zero-order chi connectivity index (χ0) is 23.6. The Bertz CT molecular complexity index is 945. The molecule has 0 saturated carbocycles. The Kier molecular flexibility index (Phi) is 9.13. The molecule has 0 aromatic heterocycles. The SMILES string of the molecule is CC=NC(=NC)c1ccc(C[C@H](NC(=O)OCc2ccccc2)C(=O)OC(C)(C)C)cc1. The highest BCUT2D eigenvalue weighted by Gasteiger charge is 2.27. The quantitative estimate of drug-likeness (QED) is 0.397. The van der Waals surface area contributed by atoms with Gasteiger partial charge in [0.2, 0.25) is 0 Å². The molecule has 0 fully saturated rings. The summed E-state index contributed by atoms with van der Waals surface area (Å²) in [6, 6.07) is 15.9. The van der Waals surface area contributed by atoms with Gasteiger partial charge in [0.25, 0.3) is 0 Å². The molecule has 0 spiro atoms. The topological polar surface area (TPSA) is 89.4 Å². The highest BCUT2D eigenvalue weighted by molar-refractivity contribution is 6.02. The molecule has 2 aromatic rings. The Morgan fingerprint density at radius 2 is 1.69 bits per heavy atom. The summed E-state index contributed by atoms with van der Waals surface area (Å²) in [6.45, 7) is 7.28. The predicted octanol–water partition coefficient (Wildman–Crippen LogP) is 4.33. The number of carbonyl (C=O) groups is 2. The molecular formula is C25H31N3O4. The summed E-state index contributed by atoms with van der Waals surface area (Å²) in [7, 11) is 1.68. The van der Waals surface area contributed by atoms with Crippen LogP contribution in [0.5, 0.6) is 0 Å². The molecule has 0 aliphatic rings. The van der Waals surface area contributed by atoms with Crippen LogP contribution in [0.4, 0.5) is 4.79 Å². The Morgan fingerprint density at radius 1 is 1.03 bits per heavy atom. The highest BCUT2D eigenvalue weighted by Crippen LogP contribution is 2.14. The van der Waals surface area contributed by atoms with Crippen molar-refractivity contribution in [1.82, 2.24) is 5.32 Å². The lowest BCUT2D eigenvalue weighted by Crippen LogP contribution is -2.45. The van der Waals surface area contributed by atoms with Crippen LogP contribution in [0.25, 0.3) is 0 Å². The van der Waals surface area contributed by atoms with E-state index in [0.717, 1.165) is 16.7 Å². The van der Waals surface area contributed by atoms with Crippen molar-refractivity contribution in [2.24, 2.45) is 9.98 Å². The summed E-state index contributed by atoms with van der Waals surface area (Å²) >= 11 is 0. The molecule has 1 N–H and O–H groups in total. The minimum absolute atomic E-state index is 0.111. The summed E-state index contributed by atoms with van der Waals surface area (Å²) in [5.74, 6) is 0.0926. The van der Waals surface area contributed by atoms with Gasteiger partial charge in [-0.15, -0.1) is 0 Å². The van der Waals surface area contributed by atoms with E-state index < -0.39 is 23.7 Å². The highest BCUT2D eigenvalue weighted by atomic mass is 16.6. The van der Waals surface area contributed by atoms with Crippen LogP contribution in [0.2, 0.25) is 0 Å². The van der Waals surface area contributed by atoms with Gasteiger partial charge < -0.3 is 14.8 Å². The Morgan fingerprint density at radius 3 is 2.25 bits per heavy atom. The van der Waals surface area contributed by atoms with E-state index in [1.54, 1.807) is 34.0 Å². The van der Waals surface area contributed by atoms with E-state index in [4.69, 9.17) is 9.47 Å². The second-order valence-electron chi connectivity index (χ2n) is 8.13. The molecule has 2 rings (SSSR count). The van der Waals surface area contributed by atoms with Crippen LogP contribution in [-0.2, 0) is 27.3 Å². The first kappa shape index (κ1) is 24.8. The Hall–Kier alpha value is -3.48. The molecule has 0 heterocycles. The average molecular weight is 438 g/mol. The van der Waals surface area contributed by atoms with Crippen LogP contribution in [-0.4, -0.2) is 42.8 Å². The summed E-state index contributed by atoms with van der Waals surface area (Å²) in [4.78, 5) is 33.5. The van der Waals surface area contributed by atoms with Crippen molar-refractivity contribution in [2.45, 2.75) is 52.4 Å². The Balaban J connectivity index is 2.10. The van der Waals surface area contributed by atoms with Crippen molar-refractivity contribution in [3.05, 3.63) is 71.3 Å². The largest absolute Gasteiger partial charge is 0.458 e. The van der Waals surface area contributed by atoms with E-state index in [1.807, 2.05) is 61.5 Å². The lowest BCUT2D eigenvalue weighted by atomic mass is 10.0. The van der Waals surface area contributed by atoms with E-state index in [0.29, 0.717) is 5.84 Å². The number of esters is 1. The third-order valence-electron chi connectivity index (χ3n) is 4.31. The van der Waals surface area contributed by atoms with Crippen LogP contribution in [0.15, 0.2) is 64.6 Å². The first-order valence-corrected chi connectivity index (χ1v) is 10.5. The zero-order valence-electron chi connectivity index (χ0n) is 19.3. The molecule has 0 aliphatic carbocycles. The first-order chi connectivity index (χ1) is 15.2. The molecule has 1 amide bonds. The van der Waals surface area contributed by atoms with Crippen LogP contribution >= 0.6 is 0 Å². The summed E-state index contributed by atoms with van der Waals surface area (Å²) in [5, 5.41) is 2.64. The van der Waals surface area contributed by atoms with Gasteiger partial charge in [0, 0.05) is 25.2 Å². The molecule has 32 heavy (non-hydrogen) atoms. The fraction of sp³-hybridized carbons (Fsp3) is 0.360. The minimum Gasteiger partial charge on any atom is -0.458 e. The third-order valence-corrected chi connectivity index (χ3v) is 4.31. The predicted molar refractivity (Wildman–Crippen MR) is 126 cm³/mol. The lowest BCUT2D eigenvalue weighted by Gasteiger charge is -2.24. The van der Waals surface area contributed by atoms with Crippen LogP contribution < -0.4 is 5.32 Å². The number of hydrogen-bond acceptors (Lipinski definition) is 5. The minimum atomic E-state index is -0.892. The molecule has 0 radical (unpaired) electrons. The van der Waals surface area contributed by atoms with Crippen molar-refractivity contribution < 1.29 is 19.1 Å². The normalized spacial score (nSPS) is 13.0. The summed E-state index contributed by atoms with van der Waals surface area (Å²) in [5.41, 5.74) is 1.89. The maximum Gasteiger partial charge on any atom is 0.408 e. The first-order valence-electron chi connectivity index (χ1n) is 10.5. The van der Waals surface area contributed by atoms with Crippen LogP contribution in [0.3, 0.4) is 0 Å². The third kappa shape index (κ3) is 8.34. The molecule has 7 nitrogen and oxygen atoms in total. The molecule has 0 unspecified atom stereocenters. The van der Waals surface area contributed by atoms with E-state index in [1.165, 1.54) is 0 Å². The fourth-order valence-electron chi connectivity index (χ4n) is 2.88. The maximum absolute atomic E-state index is 12.7. The number of carbonyl (C=O) groups excluding carboxylic acids is 2. The van der Waals surface area contributed by atoms with Gasteiger partial charge in [0.1, 0.15) is 18.2 Å². The van der Waals surface area contributed by atoms with Crippen LogP contribution in [0, 0.1) is 0 Å². The number of nitrogens with one attached hydrogen (secondary N) is 1. The number of rotatable bonds is 7. The van der Waals surface area contributed by atoms with E-state index >= 15 is 0 Å². The number of alkyl carbamates (subject to hydrolysis) is 1. The monoisotopic (exact) mass is 437 g/mol. The van der Waals surface area contributed by atoms with E-state index in [2.05, 4.69) is 15.3 Å². The van der Waals surface area contributed by atoms with Gasteiger partial charge in [0.15, 0.2) is 5.84 Å². The molecule has 0 bridgehead atoms. The molecular weight excluding hydrogens is 406 g/mol. The van der Waals surface area contributed by atoms with Gasteiger partial charge >= 0.3 is 12.1 Å². The van der Waals surface area contributed by atoms with Crippen molar-refractivity contribution in [3.63, 3.8) is 0 Å². The summed E-state index contributed by atoms with van der Waals surface area (Å²) in [6.07, 6.45) is 1.25. The maximum atomic E-state index is 12.7. The van der Waals surface area contributed by atoms with E-state index in [-0.39, 0.29) is 13.0 Å². The number of nitrogens with zero attached hydrogens (tertiary/aromatic N) is 2. The van der Waals surface area contributed by atoms with Gasteiger partial charge in [-0.05, 0) is 38.8 Å². The van der Waals surface area contributed by atoms with Crippen molar-refractivity contribution >= 4 is 24.1 Å². The van der Waals surface area contributed by atoms with Crippen molar-refractivity contribution in [1.29, 1.82) is 0 Å². The molecule has 2 aromatic carbocycles. The number of amidine groups is 1. The number of ether oxygens (including phenoxy) is 2. The van der Waals surface area contributed by atoms with Crippen LogP contribution in [0.1, 0.15) is 44.4 Å².